The first-order chi connectivity index (χ1) is 38.1. The predicted molar refractivity (Wildman–Crippen MR) is 299 cm³/mol. The molecule has 410 valence electrons. The van der Waals surface area contributed by atoms with Crippen molar-refractivity contribution >= 4 is 70.0 Å². The van der Waals surface area contributed by atoms with Crippen LogP contribution in [0.25, 0.3) is 0 Å². The van der Waals surface area contributed by atoms with Gasteiger partial charge in [-0.2, -0.15) is 16.8 Å². The average Bonchev–Trinajstić information content (AvgIpc) is 4.29. The Kier molecular flexibility index (Phi) is 17.4. The molecule has 0 radical (unpaired) electrons. The van der Waals surface area contributed by atoms with Crippen molar-refractivity contribution in [2.45, 2.75) is 69.6 Å². The number of thioether (sulfide) groups is 1. The van der Waals surface area contributed by atoms with Gasteiger partial charge in [0, 0.05) is 86.7 Å². The van der Waals surface area contributed by atoms with Gasteiger partial charge in [-0.05, 0) is 83.3 Å². The number of ether oxygens (including phenoxy) is 7. The number of rotatable bonds is 26. The van der Waals surface area contributed by atoms with Gasteiger partial charge in [0.2, 0.25) is 0 Å². The number of anilines is 4. The van der Waals surface area contributed by atoms with Crippen LogP contribution in [-0.2, 0) is 54.7 Å². The molecule has 3 atom stereocenters. The molecule has 5 aliphatic heterocycles. The maximum absolute atomic E-state index is 14.3. The molecule has 78 heavy (non-hydrogen) atoms. The predicted octanol–water partition coefficient (Wildman–Crippen LogP) is 8.22. The lowest BCUT2D eigenvalue weighted by molar-refractivity contribution is -0.187. The molecule has 4 amide bonds. The van der Waals surface area contributed by atoms with E-state index >= 15 is 0 Å². The fourth-order valence-electron chi connectivity index (χ4n) is 10.5. The molecule has 1 N–H and O–H groups in total. The van der Waals surface area contributed by atoms with Crippen molar-refractivity contribution in [2.24, 2.45) is 4.99 Å². The zero-order chi connectivity index (χ0) is 54.1. The highest BCUT2D eigenvalue weighted by Crippen LogP contribution is 2.43. The molecule has 0 spiro atoms. The molecule has 19 heteroatoms. The van der Waals surface area contributed by atoms with Crippen LogP contribution in [0.1, 0.15) is 69.2 Å². The molecule has 1 saturated heterocycles. The van der Waals surface area contributed by atoms with E-state index in [2.05, 4.69) is 35.3 Å². The average molecular weight is 1080 g/mol. The third-order valence-electron chi connectivity index (χ3n) is 14.4. The van der Waals surface area contributed by atoms with Crippen LogP contribution in [0.2, 0.25) is 0 Å². The van der Waals surface area contributed by atoms with Crippen LogP contribution in [0.4, 0.5) is 28.4 Å². The molecule has 1 fully saturated rings. The highest BCUT2D eigenvalue weighted by atomic mass is 32.2. The fraction of sp³-hybridized carbons (Fsp3) is 0.407. The number of carbonyl (C=O) groups excluding carboxylic acids is 4. The Hall–Kier alpha value is -7.16. The lowest BCUT2D eigenvalue weighted by Gasteiger charge is -2.29. The summed E-state index contributed by atoms with van der Waals surface area (Å²) in [7, 11) is 4.76. The van der Waals surface area contributed by atoms with Crippen LogP contribution in [0.5, 0.6) is 23.0 Å². The Morgan fingerprint density at radius 3 is 2.03 bits per heavy atom. The van der Waals surface area contributed by atoms with Crippen LogP contribution in [-0.4, -0.2) is 139 Å². The van der Waals surface area contributed by atoms with Gasteiger partial charge in [-0.15, -0.1) is 0 Å². The minimum Gasteiger partial charge on any atom is -0.493 e. The third-order valence-corrected chi connectivity index (χ3v) is 15.6. The van der Waals surface area contributed by atoms with Gasteiger partial charge in [0.1, 0.15) is 13.2 Å². The molecule has 10 rings (SSSR count). The van der Waals surface area contributed by atoms with Gasteiger partial charge >= 0.3 is 0 Å². The molecule has 5 heterocycles. The van der Waals surface area contributed by atoms with Crippen LogP contribution < -0.4 is 39.0 Å². The number of fused-ring (bicyclic) bond motifs is 8. The van der Waals surface area contributed by atoms with Crippen LogP contribution >= 0.6 is 11.8 Å². The molecular weight excluding hydrogens is 1020 g/mol. The summed E-state index contributed by atoms with van der Waals surface area (Å²) in [5, 5.41) is 4.58. The number of benzene rings is 5. The first-order valence-corrected chi connectivity index (χ1v) is 27.6. The van der Waals surface area contributed by atoms with E-state index in [1.54, 1.807) is 51.3 Å². The number of amides is 4. The summed E-state index contributed by atoms with van der Waals surface area (Å²) in [6.45, 7) is 6.69. The number of carbonyl (C=O) groups is 4. The number of nitrogens with zero attached hydrogens (tertiary/aromatic N) is 5. The zero-order valence-corrected chi connectivity index (χ0v) is 45.4. The Morgan fingerprint density at radius 2 is 1.32 bits per heavy atom. The van der Waals surface area contributed by atoms with Crippen molar-refractivity contribution in [3.8, 4) is 23.0 Å². The van der Waals surface area contributed by atoms with E-state index in [4.69, 9.17) is 43.0 Å². The highest BCUT2D eigenvalue weighted by molar-refractivity contribution is 7.99. The number of nitrogens with one attached hydrogen (secondary N) is 1. The molecule has 0 unspecified atom stereocenters. The van der Waals surface area contributed by atoms with Crippen molar-refractivity contribution in [3.63, 3.8) is 0 Å². The summed E-state index contributed by atoms with van der Waals surface area (Å²) in [5.41, 5.74) is 8.73. The van der Waals surface area contributed by atoms with Gasteiger partial charge in [0.25, 0.3) is 23.6 Å². The second kappa shape index (κ2) is 25.1. The van der Waals surface area contributed by atoms with E-state index in [0.717, 1.165) is 56.6 Å². The summed E-state index contributed by atoms with van der Waals surface area (Å²) in [5.74, 6) is 1.62. The second-order valence-electron chi connectivity index (χ2n) is 19.7. The smallest absolute Gasteiger partial charge is 0.261 e. The number of para-hydroxylation sites is 2. The molecule has 0 saturated carbocycles. The van der Waals surface area contributed by atoms with Crippen molar-refractivity contribution in [2.75, 3.05) is 106 Å². The first kappa shape index (κ1) is 54.2. The lowest BCUT2D eigenvalue weighted by Crippen LogP contribution is -2.39. The standard InChI is InChI=1S/C59H66N6O12S/c1-38(78-23-9-17-77-65-56(66)14-15-57(65)67)35-62(16-18-73-21-22-74-20-19-70-2)43-25-39(36-75-54-31-48-46(29-52(54)71-3)58(68)63-44(33-60-48)27-41-10-5-7-12-50(41)63)24-40(26-43)37-76-55-32-49-47(30-53(55)72-4)59(69)64-45(34-61-49)28-42-11-6-8-13-51(42)64/h5-8,10-13,24-26,29-33,38,44-45,61H,9,14-23,27-28,34-37H2,1-4H3/t38-,44-,45-/m0/s1. The van der Waals surface area contributed by atoms with Crippen LogP contribution in [0, 0.1) is 0 Å². The van der Waals surface area contributed by atoms with Crippen molar-refractivity contribution in [1.82, 2.24) is 5.06 Å². The minimum absolute atomic E-state index is 0.0331. The van der Waals surface area contributed by atoms with Gasteiger partial charge in [-0.3, -0.25) is 33.9 Å². The van der Waals surface area contributed by atoms with E-state index in [9.17, 15) is 19.2 Å². The van der Waals surface area contributed by atoms with E-state index < -0.39 is 0 Å². The molecule has 0 bridgehead atoms. The number of hydroxylamine groups is 2. The quantitative estimate of drug-likeness (QED) is 0.0413. The largest absolute Gasteiger partial charge is 0.493 e. The molecule has 5 aliphatic rings. The molecule has 5 aromatic rings. The second-order valence-corrected chi connectivity index (χ2v) is 21.2. The van der Waals surface area contributed by atoms with Crippen LogP contribution in [0.3, 0.4) is 0 Å². The molecule has 0 aliphatic carbocycles. The van der Waals surface area contributed by atoms with Gasteiger partial charge in [0.15, 0.2) is 23.0 Å². The van der Waals surface area contributed by atoms with Crippen molar-refractivity contribution < 1.29 is 57.2 Å². The number of hydrogen-bond acceptors (Lipinski definition) is 16. The van der Waals surface area contributed by atoms with E-state index in [1.165, 1.54) is 0 Å². The number of imide groups is 1. The van der Waals surface area contributed by atoms with E-state index in [1.807, 2.05) is 70.6 Å². The molecule has 0 aromatic heterocycles. The minimum atomic E-state index is -0.300. The monoisotopic (exact) mass is 1080 g/mol. The van der Waals surface area contributed by atoms with Crippen molar-refractivity contribution in [3.05, 3.63) is 124 Å². The first-order valence-electron chi connectivity index (χ1n) is 26.5. The van der Waals surface area contributed by atoms with Crippen molar-refractivity contribution in [1.29, 1.82) is 0 Å². The van der Waals surface area contributed by atoms with Gasteiger partial charge < -0.3 is 48.3 Å². The SMILES string of the molecule is COCCOCCOCCN(C[C@H](C)SCCCON1C(=O)CCC1=O)c1cc(COc2cc3c(cc2OC)C(=O)N2c4ccccc4C[C@H]2C=N3)cc(COc2cc3c(cc2OC)C(=O)N2c4ccccc4C[C@H]2CN3)c1. The van der Waals surface area contributed by atoms with Crippen LogP contribution in [0.15, 0.2) is 96.0 Å². The molecule has 5 aromatic carbocycles. The number of methoxy groups -OCH3 is 3. The lowest BCUT2D eigenvalue weighted by atomic mass is 10.1. The third kappa shape index (κ3) is 12.1. The summed E-state index contributed by atoms with van der Waals surface area (Å²) in [6, 6.07) is 29.1. The summed E-state index contributed by atoms with van der Waals surface area (Å²) in [4.78, 5) is 69.0. The van der Waals surface area contributed by atoms with E-state index in [-0.39, 0.29) is 73.6 Å². The molecular formula is C59H66N6O12S. The molecule has 18 nitrogen and oxygen atoms in total. The number of aliphatic imine (C=N–C) groups is 1. The summed E-state index contributed by atoms with van der Waals surface area (Å²) < 4.78 is 42.0. The Bertz CT molecular complexity index is 3030. The van der Waals surface area contributed by atoms with Gasteiger partial charge in [-0.1, -0.05) is 43.3 Å². The maximum Gasteiger partial charge on any atom is 0.261 e. The fourth-order valence-corrected chi connectivity index (χ4v) is 11.5. The Labute approximate surface area is 458 Å². The summed E-state index contributed by atoms with van der Waals surface area (Å²) >= 11 is 1.77. The van der Waals surface area contributed by atoms with Gasteiger partial charge in [-0.25, -0.2) is 0 Å². The Balaban J connectivity index is 0.911. The zero-order valence-electron chi connectivity index (χ0n) is 44.5. The number of hydrogen-bond donors (Lipinski definition) is 1. The maximum atomic E-state index is 14.3. The Morgan fingerprint density at radius 1 is 0.692 bits per heavy atom. The van der Waals surface area contributed by atoms with E-state index in [0.29, 0.717) is 111 Å². The highest BCUT2D eigenvalue weighted by Gasteiger charge is 2.39. The topological polar surface area (TPSA) is 179 Å². The van der Waals surface area contributed by atoms with Gasteiger partial charge in [0.05, 0.1) is 88.4 Å². The summed E-state index contributed by atoms with van der Waals surface area (Å²) in [6.07, 6.45) is 4.28. The normalized spacial score (nSPS) is 17.4.